The number of carbonyl (C=O) groups excluding carboxylic acids is 1. The van der Waals surface area contributed by atoms with Crippen molar-refractivity contribution in [2.24, 2.45) is 5.10 Å². The molecule has 1 amide bonds. The minimum atomic E-state index is -0.278. The first-order valence-electron chi connectivity index (χ1n) is 10.2. The Balaban J connectivity index is 1.63. The van der Waals surface area contributed by atoms with Crippen molar-refractivity contribution >= 4 is 24.1 Å². The molecular formula is C22H20BFN4O2. The second kappa shape index (κ2) is 7.49. The number of amidine groups is 1. The average Bonchev–Trinajstić information content (AvgIpc) is 2.78. The van der Waals surface area contributed by atoms with E-state index < -0.39 is 0 Å². The molecule has 6 nitrogen and oxygen atoms in total. The van der Waals surface area contributed by atoms with Crippen LogP contribution < -0.4 is 15.1 Å². The van der Waals surface area contributed by atoms with Crippen molar-refractivity contribution in [2.45, 2.75) is 31.4 Å². The van der Waals surface area contributed by atoms with Gasteiger partial charge in [-0.05, 0) is 35.2 Å². The van der Waals surface area contributed by atoms with Crippen LogP contribution in [-0.2, 0) is 4.79 Å². The fraction of sp³-hybridized carbons (Fsp3) is 0.318. The lowest BCUT2D eigenvalue weighted by atomic mass is 9.41. The summed E-state index contributed by atoms with van der Waals surface area (Å²) in [5, 5.41) is 13.4. The summed E-state index contributed by atoms with van der Waals surface area (Å²) < 4.78 is 20.6. The SMILES string of the molecule is N#CB1CCC(c2cc3c(cc2-c2ccccc2F)OCC2=NNC(=O)CN23)CC1. The molecule has 0 aromatic heterocycles. The molecule has 1 N–H and O–H groups in total. The van der Waals surface area contributed by atoms with Crippen molar-refractivity contribution in [3.8, 4) is 22.8 Å². The minimum Gasteiger partial charge on any atom is -0.483 e. The Bertz CT molecular complexity index is 1090. The molecular weight excluding hydrogens is 382 g/mol. The Morgan fingerprint density at radius 3 is 2.80 bits per heavy atom. The zero-order valence-corrected chi connectivity index (χ0v) is 16.4. The van der Waals surface area contributed by atoms with Crippen LogP contribution in [0.4, 0.5) is 10.1 Å². The Morgan fingerprint density at radius 1 is 1.23 bits per heavy atom. The van der Waals surface area contributed by atoms with Gasteiger partial charge in [0.15, 0.2) is 5.84 Å². The first-order valence-corrected chi connectivity index (χ1v) is 10.2. The molecule has 30 heavy (non-hydrogen) atoms. The predicted octanol–water partition coefficient (Wildman–Crippen LogP) is 3.57. The summed E-state index contributed by atoms with van der Waals surface area (Å²) in [6.45, 7) is 0.509. The summed E-state index contributed by atoms with van der Waals surface area (Å²) in [6, 6.07) is 10.7. The van der Waals surface area contributed by atoms with E-state index in [9.17, 15) is 14.4 Å². The highest BCUT2D eigenvalue weighted by Crippen LogP contribution is 2.45. The summed E-state index contributed by atoms with van der Waals surface area (Å²) >= 11 is 0. The average molecular weight is 402 g/mol. The number of benzene rings is 2. The largest absolute Gasteiger partial charge is 0.483 e. The summed E-state index contributed by atoms with van der Waals surface area (Å²) in [4.78, 5) is 13.8. The summed E-state index contributed by atoms with van der Waals surface area (Å²) in [6.07, 6.45) is 3.43. The number of hydrazone groups is 1. The molecule has 0 aliphatic carbocycles. The Morgan fingerprint density at radius 2 is 2.03 bits per heavy atom. The molecule has 3 aliphatic heterocycles. The van der Waals surface area contributed by atoms with Crippen LogP contribution in [0.25, 0.3) is 11.1 Å². The highest BCUT2D eigenvalue weighted by Gasteiger charge is 2.33. The van der Waals surface area contributed by atoms with Gasteiger partial charge in [-0.3, -0.25) is 4.79 Å². The normalized spacial score (nSPS) is 18.5. The third-order valence-electron chi connectivity index (χ3n) is 6.22. The standard InChI is InChI=1S/C22H20BFN4O2/c24-18-4-2-1-3-15(18)17-10-20-19(28-11-22(29)27-26-21(28)12-30-20)9-16(17)14-5-7-23(13-25)8-6-14/h1-4,9-10,14H,5-8,11-12H2,(H,27,29). The molecule has 1 saturated heterocycles. The second-order valence-electron chi connectivity index (χ2n) is 8.00. The fourth-order valence-corrected chi connectivity index (χ4v) is 4.63. The van der Waals surface area contributed by atoms with E-state index in [1.807, 2.05) is 23.1 Å². The molecule has 2 aromatic carbocycles. The number of hydrogen-bond acceptors (Lipinski definition) is 5. The number of fused-ring (bicyclic) bond motifs is 3. The number of rotatable bonds is 2. The molecule has 8 heteroatoms. The maximum atomic E-state index is 14.7. The van der Waals surface area contributed by atoms with Crippen molar-refractivity contribution in [3.05, 3.63) is 47.8 Å². The van der Waals surface area contributed by atoms with Gasteiger partial charge in [-0.2, -0.15) is 5.10 Å². The molecule has 5 rings (SSSR count). The molecule has 0 spiro atoms. The highest BCUT2D eigenvalue weighted by molar-refractivity contribution is 6.67. The van der Waals surface area contributed by atoms with Crippen molar-refractivity contribution in [1.29, 1.82) is 5.26 Å². The van der Waals surface area contributed by atoms with Crippen LogP contribution in [-0.4, -0.2) is 31.6 Å². The number of halogens is 1. The van der Waals surface area contributed by atoms with Crippen LogP contribution >= 0.6 is 0 Å². The van der Waals surface area contributed by atoms with E-state index in [1.165, 1.54) is 6.07 Å². The third kappa shape index (κ3) is 3.20. The zero-order chi connectivity index (χ0) is 20.7. The van der Waals surface area contributed by atoms with Crippen molar-refractivity contribution < 1.29 is 13.9 Å². The number of ether oxygens (including phenoxy) is 1. The smallest absolute Gasteiger partial charge is 0.267 e. The monoisotopic (exact) mass is 402 g/mol. The van der Waals surface area contributed by atoms with Crippen LogP contribution in [0.2, 0.25) is 12.6 Å². The third-order valence-corrected chi connectivity index (χ3v) is 6.22. The number of nitrogens with one attached hydrogen (secondary N) is 1. The van der Waals surface area contributed by atoms with E-state index in [1.54, 1.807) is 12.1 Å². The second-order valence-corrected chi connectivity index (χ2v) is 8.00. The van der Waals surface area contributed by atoms with E-state index in [0.29, 0.717) is 17.1 Å². The molecule has 1 fully saturated rings. The van der Waals surface area contributed by atoms with Crippen LogP contribution in [0.15, 0.2) is 41.5 Å². The Hall–Kier alpha value is -3.34. The Labute approximate surface area is 174 Å². The molecule has 0 bridgehead atoms. The number of nitrogens with zero attached hydrogens (tertiary/aromatic N) is 3. The van der Waals surface area contributed by atoms with Crippen molar-refractivity contribution in [1.82, 2.24) is 5.43 Å². The van der Waals surface area contributed by atoms with Gasteiger partial charge in [0.25, 0.3) is 12.6 Å². The van der Waals surface area contributed by atoms with Crippen LogP contribution in [0, 0.1) is 17.0 Å². The maximum Gasteiger partial charge on any atom is 0.267 e. The molecule has 3 aliphatic rings. The van der Waals surface area contributed by atoms with E-state index in [2.05, 4.69) is 16.5 Å². The van der Waals surface area contributed by atoms with E-state index in [4.69, 9.17) is 4.74 Å². The van der Waals surface area contributed by atoms with Gasteiger partial charge < -0.3 is 9.64 Å². The minimum absolute atomic E-state index is 0.0867. The van der Waals surface area contributed by atoms with Crippen LogP contribution in [0.5, 0.6) is 5.75 Å². The lowest BCUT2D eigenvalue weighted by molar-refractivity contribution is -0.119. The van der Waals surface area contributed by atoms with E-state index >= 15 is 0 Å². The quantitative estimate of drug-likeness (QED) is 0.780. The summed E-state index contributed by atoms with van der Waals surface area (Å²) in [5.41, 5.74) is 5.66. The number of amides is 1. The molecule has 2 aromatic rings. The van der Waals surface area contributed by atoms with Crippen molar-refractivity contribution in [2.75, 3.05) is 18.1 Å². The summed E-state index contributed by atoms with van der Waals surface area (Å²) in [7, 11) is 0. The van der Waals surface area contributed by atoms with Gasteiger partial charge in [-0.25, -0.2) is 15.1 Å². The number of anilines is 1. The first kappa shape index (κ1) is 18.7. The lowest BCUT2D eigenvalue weighted by Crippen LogP contribution is -2.49. The molecule has 0 atom stereocenters. The zero-order valence-electron chi connectivity index (χ0n) is 16.4. The van der Waals surface area contributed by atoms with Crippen LogP contribution in [0.1, 0.15) is 24.3 Å². The summed E-state index contributed by atoms with van der Waals surface area (Å²) in [5.74, 6) is 3.41. The van der Waals surface area contributed by atoms with E-state index in [-0.39, 0.29) is 37.5 Å². The van der Waals surface area contributed by atoms with Gasteiger partial charge in [0.1, 0.15) is 24.7 Å². The molecule has 0 unspecified atom stereocenters. The van der Waals surface area contributed by atoms with Gasteiger partial charge in [-0.1, -0.05) is 43.7 Å². The molecule has 0 radical (unpaired) electrons. The van der Waals surface area contributed by atoms with Crippen LogP contribution in [0.3, 0.4) is 0 Å². The van der Waals surface area contributed by atoms with Gasteiger partial charge >= 0.3 is 0 Å². The molecule has 0 saturated carbocycles. The number of carbonyl (C=O) groups is 1. The lowest BCUT2D eigenvalue weighted by Gasteiger charge is -2.35. The highest BCUT2D eigenvalue weighted by atomic mass is 19.1. The van der Waals surface area contributed by atoms with Gasteiger partial charge in [-0.15, -0.1) is 0 Å². The number of hydrogen-bond donors (Lipinski definition) is 1. The fourth-order valence-electron chi connectivity index (χ4n) is 4.63. The molecule has 150 valence electrons. The first-order chi connectivity index (χ1) is 14.6. The molecule has 3 heterocycles. The van der Waals surface area contributed by atoms with E-state index in [0.717, 1.165) is 42.3 Å². The van der Waals surface area contributed by atoms with Gasteiger partial charge in [0.05, 0.1) is 5.69 Å². The maximum absolute atomic E-state index is 14.7. The number of nitriles is 1. The van der Waals surface area contributed by atoms with Gasteiger partial charge in [0.2, 0.25) is 0 Å². The predicted molar refractivity (Wildman–Crippen MR) is 113 cm³/mol. The van der Waals surface area contributed by atoms with Gasteiger partial charge in [0, 0.05) is 11.5 Å². The topological polar surface area (TPSA) is 77.7 Å². The Kier molecular flexibility index (Phi) is 4.66. The van der Waals surface area contributed by atoms with Crippen molar-refractivity contribution in [3.63, 3.8) is 0 Å².